The number of esters is 1. The Hall–Kier alpha value is -3.24. The van der Waals surface area contributed by atoms with Crippen LogP contribution in [0.15, 0.2) is 42.5 Å². The van der Waals surface area contributed by atoms with Gasteiger partial charge in [0, 0.05) is 11.2 Å². The van der Waals surface area contributed by atoms with Crippen molar-refractivity contribution >= 4 is 45.1 Å². The first kappa shape index (κ1) is 21.0. The van der Waals surface area contributed by atoms with Crippen LogP contribution in [-0.2, 0) is 19.1 Å². The summed E-state index contributed by atoms with van der Waals surface area (Å²) in [6.07, 6.45) is 2.34. The van der Waals surface area contributed by atoms with Crippen LogP contribution < -0.4 is 10.6 Å². The van der Waals surface area contributed by atoms with Crippen molar-refractivity contribution in [2.45, 2.75) is 31.2 Å². The summed E-state index contributed by atoms with van der Waals surface area (Å²) in [5.74, 6) is -1.85. The zero-order valence-electron chi connectivity index (χ0n) is 16.4. The molecule has 2 aliphatic rings. The number of ether oxygens (including phenoxy) is 1. The van der Waals surface area contributed by atoms with Crippen molar-refractivity contribution in [3.63, 3.8) is 0 Å². The Balaban J connectivity index is 1.39. The first-order chi connectivity index (χ1) is 14.9. The minimum atomic E-state index is -1.40. The molecule has 1 saturated heterocycles. The van der Waals surface area contributed by atoms with Crippen LogP contribution >= 0.6 is 11.3 Å². The number of hydrogen-bond donors (Lipinski definition) is 3. The van der Waals surface area contributed by atoms with Crippen LogP contribution in [0, 0.1) is 0 Å². The predicted octanol–water partition coefficient (Wildman–Crippen LogP) is 0.538. The summed E-state index contributed by atoms with van der Waals surface area (Å²) < 4.78 is 5.58. The van der Waals surface area contributed by atoms with E-state index in [4.69, 9.17) is 0 Å². The van der Waals surface area contributed by atoms with E-state index in [0.29, 0.717) is 11.3 Å². The molecule has 31 heavy (non-hydrogen) atoms. The Morgan fingerprint density at radius 2 is 2.00 bits per heavy atom. The van der Waals surface area contributed by atoms with E-state index in [1.54, 1.807) is 18.2 Å². The lowest BCUT2D eigenvalue weighted by Gasteiger charge is -2.25. The van der Waals surface area contributed by atoms with E-state index in [1.165, 1.54) is 16.2 Å². The van der Waals surface area contributed by atoms with Crippen LogP contribution in [-0.4, -0.2) is 65.2 Å². The van der Waals surface area contributed by atoms with Crippen molar-refractivity contribution in [1.29, 1.82) is 0 Å². The smallest absolute Gasteiger partial charge is 0.310 e. The van der Waals surface area contributed by atoms with Gasteiger partial charge in [-0.05, 0) is 23.9 Å². The molecular weight excluding hydrogens is 422 g/mol. The van der Waals surface area contributed by atoms with Gasteiger partial charge in [-0.3, -0.25) is 19.2 Å². The third-order valence-electron chi connectivity index (χ3n) is 5.09. The molecule has 0 bridgehead atoms. The second-order valence-corrected chi connectivity index (χ2v) is 8.44. The van der Waals surface area contributed by atoms with Gasteiger partial charge < -0.3 is 25.4 Å². The highest BCUT2D eigenvalue weighted by atomic mass is 32.1. The lowest BCUT2D eigenvalue weighted by atomic mass is 10.1. The maximum Gasteiger partial charge on any atom is 0.310 e. The number of carbonyl (C=O) groups excluding carboxylic acids is 4. The molecule has 1 fully saturated rings. The number of hydrogen-bond acceptors (Lipinski definition) is 7. The van der Waals surface area contributed by atoms with Crippen LogP contribution in [0.2, 0.25) is 0 Å². The molecule has 1 aromatic heterocycles. The average Bonchev–Trinajstić information content (AvgIpc) is 3.26. The fourth-order valence-corrected chi connectivity index (χ4v) is 4.49. The molecule has 3 atom stereocenters. The molecule has 0 radical (unpaired) electrons. The molecule has 3 N–H and O–H groups in total. The summed E-state index contributed by atoms with van der Waals surface area (Å²) in [5, 5.41) is 15.8. The summed E-state index contributed by atoms with van der Waals surface area (Å²) in [7, 11) is 0. The standard InChI is InChI=1S/C21H21N3O6S/c25-17(22-14-10-18(26)30-21(14)29)11-24-8-4-3-6-13(20(24)28)23-19(27)16-9-12-5-1-2-7-15(12)31-16/h1-5,7,9,13-14,21,29H,6,8,10-11H2,(H,22,25)(H,23,27)/t13-,14-,21?/m0/s1. The van der Waals surface area contributed by atoms with Gasteiger partial charge in [0.2, 0.25) is 18.1 Å². The fraction of sp³-hybridized carbons (Fsp3) is 0.333. The number of nitrogens with one attached hydrogen (secondary N) is 2. The molecular formula is C21H21N3O6S. The number of benzene rings is 1. The second-order valence-electron chi connectivity index (χ2n) is 7.36. The Morgan fingerprint density at radius 3 is 2.74 bits per heavy atom. The van der Waals surface area contributed by atoms with Crippen LogP contribution in [0.25, 0.3) is 10.1 Å². The summed E-state index contributed by atoms with van der Waals surface area (Å²) >= 11 is 1.35. The Morgan fingerprint density at radius 1 is 1.19 bits per heavy atom. The van der Waals surface area contributed by atoms with Crippen molar-refractivity contribution in [3.05, 3.63) is 47.4 Å². The van der Waals surface area contributed by atoms with E-state index in [-0.39, 0.29) is 31.3 Å². The molecule has 0 saturated carbocycles. The lowest BCUT2D eigenvalue weighted by Crippen LogP contribution is -2.51. The van der Waals surface area contributed by atoms with Crippen molar-refractivity contribution in [2.24, 2.45) is 0 Å². The molecule has 162 valence electrons. The molecule has 0 aliphatic carbocycles. The zero-order valence-corrected chi connectivity index (χ0v) is 17.3. The summed E-state index contributed by atoms with van der Waals surface area (Å²) in [4.78, 5) is 51.0. The highest BCUT2D eigenvalue weighted by molar-refractivity contribution is 7.20. The van der Waals surface area contributed by atoms with Crippen molar-refractivity contribution in [3.8, 4) is 0 Å². The van der Waals surface area contributed by atoms with E-state index in [2.05, 4.69) is 15.4 Å². The fourth-order valence-electron chi connectivity index (χ4n) is 3.52. The molecule has 3 amide bonds. The number of rotatable bonds is 5. The van der Waals surface area contributed by atoms with Gasteiger partial charge in [-0.25, -0.2) is 0 Å². The topological polar surface area (TPSA) is 125 Å². The third-order valence-corrected chi connectivity index (χ3v) is 6.21. The first-order valence-corrected chi connectivity index (χ1v) is 10.6. The summed E-state index contributed by atoms with van der Waals surface area (Å²) in [6, 6.07) is 7.78. The van der Waals surface area contributed by atoms with Crippen molar-refractivity contribution in [2.75, 3.05) is 13.1 Å². The van der Waals surface area contributed by atoms with Gasteiger partial charge in [0.05, 0.1) is 17.8 Å². The molecule has 9 nitrogen and oxygen atoms in total. The minimum absolute atomic E-state index is 0.130. The van der Waals surface area contributed by atoms with Gasteiger partial charge in [-0.1, -0.05) is 30.4 Å². The highest BCUT2D eigenvalue weighted by Crippen LogP contribution is 2.25. The van der Waals surface area contributed by atoms with Gasteiger partial charge in [0.1, 0.15) is 12.1 Å². The van der Waals surface area contributed by atoms with E-state index in [9.17, 15) is 24.3 Å². The summed E-state index contributed by atoms with van der Waals surface area (Å²) in [6.45, 7) is -0.0556. The average molecular weight is 443 g/mol. The normalized spacial score (nSPS) is 23.5. The summed E-state index contributed by atoms with van der Waals surface area (Å²) in [5.41, 5.74) is 0. The second kappa shape index (κ2) is 8.86. The maximum absolute atomic E-state index is 12.9. The highest BCUT2D eigenvalue weighted by Gasteiger charge is 2.35. The molecule has 3 heterocycles. The molecule has 1 aromatic carbocycles. The molecule has 10 heteroatoms. The zero-order chi connectivity index (χ0) is 22.0. The third kappa shape index (κ3) is 4.75. The SMILES string of the molecule is O=C(CN1CC=CC[C@H](NC(=O)c2cc3ccccc3s2)C1=O)N[C@H]1CC(=O)OC1O. The van der Waals surface area contributed by atoms with Crippen LogP contribution in [0.5, 0.6) is 0 Å². The van der Waals surface area contributed by atoms with E-state index in [0.717, 1.165) is 10.1 Å². The number of aliphatic hydroxyl groups is 1. The van der Waals surface area contributed by atoms with Crippen molar-refractivity contribution < 1.29 is 29.0 Å². The van der Waals surface area contributed by atoms with Gasteiger partial charge in [-0.15, -0.1) is 11.3 Å². The number of amides is 3. The number of aliphatic hydroxyl groups excluding tert-OH is 1. The van der Waals surface area contributed by atoms with E-state index >= 15 is 0 Å². The Labute approximate surface area is 181 Å². The van der Waals surface area contributed by atoms with Gasteiger partial charge >= 0.3 is 5.97 Å². The number of cyclic esters (lactones) is 1. The Bertz CT molecular complexity index is 1030. The largest absolute Gasteiger partial charge is 0.434 e. The quantitative estimate of drug-likeness (QED) is 0.458. The molecule has 2 aliphatic heterocycles. The van der Waals surface area contributed by atoms with Crippen LogP contribution in [0.4, 0.5) is 0 Å². The maximum atomic E-state index is 12.9. The minimum Gasteiger partial charge on any atom is -0.434 e. The lowest BCUT2D eigenvalue weighted by molar-refractivity contribution is -0.155. The van der Waals surface area contributed by atoms with Gasteiger partial charge in [0.15, 0.2) is 0 Å². The number of nitrogens with zero attached hydrogens (tertiary/aromatic N) is 1. The molecule has 4 rings (SSSR count). The van der Waals surface area contributed by atoms with E-state index in [1.807, 2.05) is 24.3 Å². The predicted molar refractivity (Wildman–Crippen MR) is 112 cm³/mol. The van der Waals surface area contributed by atoms with Gasteiger partial charge in [0.25, 0.3) is 5.91 Å². The number of fused-ring (bicyclic) bond motifs is 1. The van der Waals surface area contributed by atoms with Crippen LogP contribution in [0.3, 0.4) is 0 Å². The number of carbonyl (C=O) groups is 4. The molecule has 0 spiro atoms. The number of thiophene rings is 1. The first-order valence-electron chi connectivity index (χ1n) is 9.81. The van der Waals surface area contributed by atoms with Crippen molar-refractivity contribution in [1.82, 2.24) is 15.5 Å². The Kier molecular flexibility index (Phi) is 6.01. The monoisotopic (exact) mass is 443 g/mol. The van der Waals surface area contributed by atoms with Gasteiger partial charge in [-0.2, -0.15) is 0 Å². The molecule has 2 aromatic rings. The van der Waals surface area contributed by atoms with Crippen LogP contribution in [0.1, 0.15) is 22.5 Å². The van der Waals surface area contributed by atoms with E-state index < -0.39 is 30.3 Å². The molecule has 1 unspecified atom stereocenters.